The molecule has 2 aromatic carbocycles. The van der Waals surface area contributed by atoms with Gasteiger partial charge in [-0.2, -0.15) is 0 Å². The molecule has 1 saturated heterocycles. The lowest BCUT2D eigenvalue weighted by Crippen LogP contribution is -2.27. The van der Waals surface area contributed by atoms with E-state index in [2.05, 4.69) is 5.32 Å². The van der Waals surface area contributed by atoms with Crippen LogP contribution in [0, 0.1) is 10.1 Å². The van der Waals surface area contributed by atoms with Crippen LogP contribution in [0.2, 0.25) is 0 Å². The van der Waals surface area contributed by atoms with Gasteiger partial charge >= 0.3 is 5.97 Å². The van der Waals surface area contributed by atoms with E-state index in [4.69, 9.17) is 5.11 Å². The van der Waals surface area contributed by atoms with Gasteiger partial charge in [0.05, 0.1) is 10.5 Å². The van der Waals surface area contributed by atoms with Crippen molar-refractivity contribution >= 4 is 23.5 Å². The molecule has 2 N–H and O–H groups in total. The number of likely N-dealkylation sites (tertiary alicyclic amines) is 1. The van der Waals surface area contributed by atoms with Gasteiger partial charge in [-0.1, -0.05) is 24.3 Å². The van der Waals surface area contributed by atoms with Gasteiger partial charge in [0.1, 0.15) is 0 Å². The molecular weight excluding hydrogens is 378 g/mol. The van der Waals surface area contributed by atoms with E-state index >= 15 is 0 Å². The van der Waals surface area contributed by atoms with Gasteiger partial charge in [-0.25, -0.2) is 4.79 Å². The topological polar surface area (TPSA) is 130 Å². The molecule has 9 nitrogen and oxygen atoms in total. The predicted octanol–water partition coefficient (Wildman–Crippen LogP) is 2.35. The number of nitro benzene ring substituents is 1. The maximum atomic E-state index is 12.5. The highest BCUT2D eigenvalue weighted by Crippen LogP contribution is 2.19. The summed E-state index contributed by atoms with van der Waals surface area (Å²) in [5, 5.41) is 22.8. The molecule has 1 aliphatic rings. The second kappa shape index (κ2) is 8.51. The van der Waals surface area contributed by atoms with E-state index in [1.807, 2.05) is 24.3 Å². The molecule has 0 radical (unpaired) electrons. The van der Waals surface area contributed by atoms with E-state index in [1.54, 1.807) is 4.90 Å². The lowest BCUT2D eigenvalue weighted by Gasteiger charge is -2.18. The number of nitro groups is 1. The molecule has 1 fully saturated rings. The molecule has 150 valence electrons. The Morgan fingerprint density at radius 2 is 1.83 bits per heavy atom. The van der Waals surface area contributed by atoms with Gasteiger partial charge in [0, 0.05) is 43.8 Å². The molecule has 0 atom stereocenters. The van der Waals surface area contributed by atoms with Crippen LogP contribution in [0.15, 0.2) is 42.5 Å². The number of non-ortho nitro benzene ring substituents is 1. The van der Waals surface area contributed by atoms with Crippen LogP contribution in [-0.2, 0) is 17.9 Å². The number of hydrogen-bond donors (Lipinski definition) is 2. The number of carbonyl (C=O) groups excluding carboxylic acids is 2. The highest BCUT2D eigenvalue weighted by atomic mass is 16.6. The number of carboxylic acids is 1. The van der Waals surface area contributed by atoms with Crippen molar-refractivity contribution in [3.63, 3.8) is 0 Å². The average Bonchev–Trinajstić information content (AvgIpc) is 3.11. The third-order valence-corrected chi connectivity index (χ3v) is 4.73. The Bertz CT molecular complexity index is 956. The zero-order valence-corrected chi connectivity index (χ0v) is 15.5. The maximum Gasteiger partial charge on any atom is 0.335 e. The second-order valence-electron chi connectivity index (χ2n) is 6.70. The van der Waals surface area contributed by atoms with E-state index < -0.39 is 22.5 Å². The highest BCUT2D eigenvalue weighted by molar-refractivity contribution is 5.98. The smallest absolute Gasteiger partial charge is 0.335 e. The summed E-state index contributed by atoms with van der Waals surface area (Å²) < 4.78 is 0. The standard InChI is InChI=1S/C20H19N3O6/c24-18-6-3-7-22(18)12-14-5-2-1-4-13(14)11-21-19(25)15-8-16(20(26)27)10-17(9-15)23(28)29/h1-2,4-5,8-10H,3,6-7,11-12H2,(H,21,25)(H,26,27). The minimum atomic E-state index is -1.36. The number of amides is 2. The SMILES string of the molecule is O=C(O)c1cc(C(=O)NCc2ccccc2CN2CCCC2=O)cc([N+](=O)[O-])c1. The van der Waals surface area contributed by atoms with Crippen molar-refractivity contribution in [2.75, 3.05) is 6.54 Å². The van der Waals surface area contributed by atoms with Gasteiger partial charge < -0.3 is 15.3 Å². The van der Waals surface area contributed by atoms with Crippen LogP contribution in [0.3, 0.4) is 0 Å². The Labute approximate surface area is 166 Å². The Hall–Kier alpha value is -3.75. The van der Waals surface area contributed by atoms with E-state index in [1.165, 1.54) is 0 Å². The first-order valence-corrected chi connectivity index (χ1v) is 9.00. The minimum absolute atomic E-state index is 0.0987. The average molecular weight is 397 g/mol. The monoisotopic (exact) mass is 397 g/mol. The normalized spacial score (nSPS) is 13.4. The summed E-state index contributed by atoms with van der Waals surface area (Å²) in [6.45, 7) is 1.29. The summed E-state index contributed by atoms with van der Waals surface area (Å²) in [6.07, 6.45) is 1.37. The predicted molar refractivity (Wildman–Crippen MR) is 102 cm³/mol. The zero-order valence-electron chi connectivity index (χ0n) is 15.5. The summed E-state index contributed by atoms with van der Waals surface area (Å²) in [7, 11) is 0. The first kappa shape index (κ1) is 20.0. The molecule has 0 unspecified atom stereocenters. The molecule has 29 heavy (non-hydrogen) atoms. The number of aromatic carboxylic acids is 1. The maximum absolute atomic E-state index is 12.5. The zero-order chi connectivity index (χ0) is 21.0. The van der Waals surface area contributed by atoms with Crippen molar-refractivity contribution < 1.29 is 24.4 Å². The van der Waals surface area contributed by atoms with Crippen molar-refractivity contribution in [3.05, 3.63) is 74.8 Å². The molecule has 3 rings (SSSR count). The van der Waals surface area contributed by atoms with Crippen LogP contribution in [0.1, 0.15) is 44.7 Å². The molecule has 0 bridgehead atoms. The number of nitrogens with one attached hydrogen (secondary N) is 1. The van der Waals surface area contributed by atoms with Crippen molar-refractivity contribution in [1.82, 2.24) is 10.2 Å². The molecule has 0 aromatic heterocycles. The number of carboxylic acid groups (broad SMARTS) is 1. The number of carbonyl (C=O) groups is 3. The molecule has 1 heterocycles. The fourth-order valence-electron chi connectivity index (χ4n) is 3.21. The van der Waals surface area contributed by atoms with Crippen molar-refractivity contribution in [2.24, 2.45) is 0 Å². The molecule has 2 amide bonds. The number of hydrogen-bond acceptors (Lipinski definition) is 5. The summed E-state index contributed by atoms with van der Waals surface area (Å²) in [5.41, 5.74) is 0.793. The lowest BCUT2D eigenvalue weighted by molar-refractivity contribution is -0.384. The summed E-state index contributed by atoms with van der Waals surface area (Å²) in [6, 6.07) is 10.4. The minimum Gasteiger partial charge on any atom is -0.478 e. The number of rotatable bonds is 7. The molecule has 0 aliphatic carbocycles. The fourth-order valence-corrected chi connectivity index (χ4v) is 3.21. The molecule has 2 aromatic rings. The Morgan fingerprint density at radius 1 is 1.14 bits per heavy atom. The summed E-state index contributed by atoms with van der Waals surface area (Å²) in [5.74, 6) is -1.88. The van der Waals surface area contributed by atoms with Crippen LogP contribution < -0.4 is 5.32 Å². The third kappa shape index (κ3) is 4.75. The van der Waals surface area contributed by atoms with Crippen LogP contribution in [0.4, 0.5) is 5.69 Å². The largest absolute Gasteiger partial charge is 0.478 e. The summed E-state index contributed by atoms with van der Waals surface area (Å²) >= 11 is 0. The van der Waals surface area contributed by atoms with Crippen LogP contribution in [0.5, 0.6) is 0 Å². The van der Waals surface area contributed by atoms with Crippen LogP contribution in [-0.4, -0.2) is 39.3 Å². The summed E-state index contributed by atoms with van der Waals surface area (Å²) in [4.78, 5) is 47.6. The number of benzene rings is 2. The van der Waals surface area contributed by atoms with E-state index in [0.717, 1.165) is 35.7 Å². The molecular formula is C20H19N3O6. The van der Waals surface area contributed by atoms with Crippen molar-refractivity contribution in [2.45, 2.75) is 25.9 Å². The Morgan fingerprint density at radius 3 is 2.45 bits per heavy atom. The van der Waals surface area contributed by atoms with Crippen molar-refractivity contribution in [3.8, 4) is 0 Å². The van der Waals surface area contributed by atoms with Gasteiger partial charge in [-0.3, -0.25) is 19.7 Å². The first-order valence-electron chi connectivity index (χ1n) is 9.00. The van der Waals surface area contributed by atoms with E-state index in [-0.39, 0.29) is 23.6 Å². The quantitative estimate of drug-likeness (QED) is 0.545. The molecule has 1 aliphatic heterocycles. The fraction of sp³-hybridized carbons (Fsp3) is 0.250. The number of nitrogens with zero attached hydrogens (tertiary/aromatic N) is 2. The van der Waals surface area contributed by atoms with Gasteiger partial charge in [0.25, 0.3) is 11.6 Å². The second-order valence-corrected chi connectivity index (χ2v) is 6.70. The van der Waals surface area contributed by atoms with Crippen LogP contribution in [0.25, 0.3) is 0 Å². The van der Waals surface area contributed by atoms with E-state index in [0.29, 0.717) is 19.5 Å². The molecule has 9 heteroatoms. The highest BCUT2D eigenvalue weighted by Gasteiger charge is 2.21. The molecule has 0 saturated carbocycles. The van der Waals surface area contributed by atoms with Crippen molar-refractivity contribution in [1.29, 1.82) is 0 Å². The van der Waals surface area contributed by atoms with Gasteiger partial charge in [0.2, 0.25) is 5.91 Å². The van der Waals surface area contributed by atoms with Gasteiger partial charge in [0.15, 0.2) is 0 Å². The van der Waals surface area contributed by atoms with E-state index in [9.17, 15) is 24.5 Å². The Kier molecular flexibility index (Phi) is 5.87. The van der Waals surface area contributed by atoms with Gasteiger partial charge in [-0.15, -0.1) is 0 Å². The van der Waals surface area contributed by atoms with Crippen LogP contribution >= 0.6 is 0 Å². The Balaban J connectivity index is 1.75. The van der Waals surface area contributed by atoms with Gasteiger partial charge in [-0.05, 0) is 23.6 Å². The third-order valence-electron chi connectivity index (χ3n) is 4.73. The molecule has 0 spiro atoms. The lowest BCUT2D eigenvalue weighted by atomic mass is 10.1. The first-order chi connectivity index (χ1) is 13.8.